The summed E-state index contributed by atoms with van der Waals surface area (Å²) in [6.07, 6.45) is 0.920. The lowest BCUT2D eigenvalue weighted by Crippen LogP contribution is -2.33. The van der Waals surface area contributed by atoms with Gasteiger partial charge < -0.3 is 25.2 Å². The van der Waals surface area contributed by atoms with Crippen molar-refractivity contribution in [3.63, 3.8) is 0 Å². The number of nitrogens with one attached hydrogen (secondary N) is 2. The second kappa shape index (κ2) is 6.94. The van der Waals surface area contributed by atoms with Gasteiger partial charge in [0.05, 0.1) is 25.0 Å². The molecule has 7 heteroatoms. The third-order valence-electron chi connectivity index (χ3n) is 3.28. The van der Waals surface area contributed by atoms with E-state index in [1.807, 2.05) is 0 Å². The van der Waals surface area contributed by atoms with Gasteiger partial charge in [-0.3, -0.25) is 0 Å². The molecule has 1 unspecified atom stereocenters. The van der Waals surface area contributed by atoms with Crippen molar-refractivity contribution in [3.05, 3.63) is 23.8 Å². The van der Waals surface area contributed by atoms with Crippen molar-refractivity contribution in [2.75, 3.05) is 32.2 Å². The molecule has 1 aliphatic rings. The van der Waals surface area contributed by atoms with E-state index in [2.05, 4.69) is 10.6 Å². The molecule has 1 saturated heterocycles. The van der Waals surface area contributed by atoms with Crippen LogP contribution in [-0.4, -0.2) is 44.0 Å². The zero-order valence-electron chi connectivity index (χ0n) is 11.7. The second-order valence-electron chi connectivity index (χ2n) is 4.78. The van der Waals surface area contributed by atoms with Gasteiger partial charge in [0.1, 0.15) is 5.75 Å². The van der Waals surface area contributed by atoms with Crippen molar-refractivity contribution < 1.29 is 24.2 Å². The number of amides is 2. The van der Waals surface area contributed by atoms with E-state index in [4.69, 9.17) is 14.6 Å². The smallest absolute Gasteiger partial charge is 0.337 e. The molecule has 0 spiro atoms. The summed E-state index contributed by atoms with van der Waals surface area (Å²) >= 11 is 0. The number of carboxylic acids is 1. The number of carbonyl (C=O) groups is 2. The Kier molecular flexibility index (Phi) is 4.99. The molecular weight excluding hydrogens is 276 g/mol. The van der Waals surface area contributed by atoms with Gasteiger partial charge in [-0.05, 0) is 24.6 Å². The topological polar surface area (TPSA) is 96.9 Å². The van der Waals surface area contributed by atoms with E-state index >= 15 is 0 Å². The molecule has 1 aromatic rings. The maximum atomic E-state index is 11.8. The molecule has 0 aromatic heterocycles. The summed E-state index contributed by atoms with van der Waals surface area (Å²) in [5, 5.41) is 14.4. The standard InChI is InChI=1S/C14H18N2O5/c1-20-10-2-3-12(11(6-10)13(17)18)16-14(19)15-7-9-4-5-21-8-9/h2-3,6,9H,4-5,7-8H2,1H3,(H,17,18)(H2,15,16,19). The summed E-state index contributed by atoms with van der Waals surface area (Å²) < 4.78 is 10.2. The fraction of sp³-hybridized carbons (Fsp3) is 0.429. The van der Waals surface area contributed by atoms with E-state index in [1.54, 1.807) is 6.07 Å². The molecule has 1 atom stereocenters. The zero-order valence-corrected chi connectivity index (χ0v) is 11.7. The minimum Gasteiger partial charge on any atom is -0.497 e. The molecule has 1 heterocycles. The normalized spacial score (nSPS) is 17.3. The number of carbonyl (C=O) groups excluding carboxylic acids is 1. The third-order valence-corrected chi connectivity index (χ3v) is 3.28. The number of anilines is 1. The predicted octanol–water partition coefficient (Wildman–Crippen LogP) is 1.55. The molecular formula is C14H18N2O5. The Morgan fingerprint density at radius 3 is 2.90 bits per heavy atom. The Labute approximate surface area is 122 Å². The summed E-state index contributed by atoms with van der Waals surface area (Å²) in [6, 6.07) is 4.02. The number of methoxy groups -OCH3 is 1. The van der Waals surface area contributed by atoms with Gasteiger partial charge in [-0.1, -0.05) is 0 Å². The van der Waals surface area contributed by atoms with Crippen molar-refractivity contribution in [3.8, 4) is 5.75 Å². The van der Waals surface area contributed by atoms with E-state index in [-0.39, 0.29) is 11.3 Å². The van der Waals surface area contributed by atoms with Crippen LogP contribution in [0.3, 0.4) is 0 Å². The zero-order chi connectivity index (χ0) is 15.2. The number of urea groups is 1. The molecule has 3 N–H and O–H groups in total. The molecule has 0 saturated carbocycles. The van der Waals surface area contributed by atoms with E-state index in [0.29, 0.717) is 24.8 Å². The minimum atomic E-state index is -1.13. The first-order chi connectivity index (χ1) is 10.1. The van der Waals surface area contributed by atoms with Crippen LogP contribution < -0.4 is 15.4 Å². The highest BCUT2D eigenvalue weighted by Gasteiger charge is 2.17. The summed E-state index contributed by atoms with van der Waals surface area (Å²) in [5.74, 6) is -0.402. The molecule has 1 fully saturated rings. The highest BCUT2D eigenvalue weighted by Crippen LogP contribution is 2.22. The van der Waals surface area contributed by atoms with Gasteiger partial charge in [0.2, 0.25) is 0 Å². The Morgan fingerprint density at radius 2 is 2.29 bits per heavy atom. The lowest BCUT2D eigenvalue weighted by molar-refractivity contribution is 0.0697. The molecule has 1 aromatic carbocycles. The van der Waals surface area contributed by atoms with Crippen LogP contribution in [0, 0.1) is 5.92 Å². The van der Waals surface area contributed by atoms with E-state index in [1.165, 1.54) is 19.2 Å². The van der Waals surface area contributed by atoms with Gasteiger partial charge in [-0.15, -0.1) is 0 Å². The molecule has 114 valence electrons. The largest absolute Gasteiger partial charge is 0.497 e. The van der Waals surface area contributed by atoms with E-state index in [9.17, 15) is 9.59 Å². The number of hydrogen-bond acceptors (Lipinski definition) is 4. The van der Waals surface area contributed by atoms with Gasteiger partial charge >= 0.3 is 12.0 Å². The van der Waals surface area contributed by atoms with Crippen molar-refractivity contribution in [2.24, 2.45) is 5.92 Å². The highest BCUT2D eigenvalue weighted by molar-refractivity contribution is 6.00. The summed E-state index contributed by atoms with van der Waals surface area (Å²) in [6.45, 7) is 1.86. The van der Waals surface area contributed by atoms with Gasteiger partial charge in [0, 0.05) is 19.1 Å². The number of hydrogen-bond donors (Lipinski definition) is 3. The van der Waals surface area contributed by atoms with Crippen molar-refractivity contribution >= 4 is 17.7 Å². The molecule has 2 amide bonds. The number of rotatable bonds is 5. The Hall–Kier alpha value is -2.28. The monoisotopic (exact) mass is 294 g/mol. The van der Waals surface area contributed by atoms with Crippen LogP contribution in [0.1, 0.15) is 16.8 Å². The van der Waals surface area contributed by atoms with Crippen LogP contribution >= 0.6 is 0 Å². The molecule has 0 radical (unpaired) electrons. The number of benzene rings is 1. The summed E-state index contributed by atoms with van der Waals surface area (Å²) in [5.41, 5.74) is 0.206. The average Bonchev–Trinajstić information content (AvgIpc) is 2.98. The summed E-state index contributed by atoms with van der Waals surface area (Å²) in [7, 11) is 1.45. The first-order valence-electron chi connectivity index (χ1n) is 6.64. The van der Waals surface area contributed by atoms with Crippen LogP contribution in [0.4, 0.5) is 10.5 Å². The Morgan fingerprint density at radius 1 is 1.48 bits per heavy atom. The first kappa shape index (κ1) is 15.1. The van der Waals surface area contributed by atoms with Crippen molar-refractivity contribution in [1.29, 1.82) is 0 Å². The number of carboxylic acid groups (broad SMARTS) is 1. The SMILES string of the molecule is COc1ccc(NC(=O)NCC2CCOC2)c(C(=O)O)c1. The van der Waals surface area contributed by atoms with Gasteiger partial charge in [-0.2, -0.15) is 0 Å². The van der Waals surface area contributed by atoms with Crippen LogP contribution in [0.5, 0.6) is 5.75 Å². The molecule has 1 aliphatic heterocycles. The maximum absolute atomic E-state index is 11.8. The molecule has 7 nitrogen and oxygen atoms in total. The number of ether oxygens (including phenoxy) is 2. The number of aromatic carboxylic acids is 1. The van der Waals surface area contributed by atoms with Gasteiger partial charge in [0.25, 0.3) is 0 Å². The Balaban J connectivity index is 1.97. The fourth-order valence-electron chi connectivity index (χ4n) is 2.08. The van der Waals surface area contributed by atoms with E-state index < -0.39 is 12.0 Å². The molecule has 21 heavy (non-hydrogen) atoms. The van der Waals surface area contributed by atoms with Crippen molar-refractivity contribution in [2.45, 2.75) is 6.42 Å². The van der Waals surface area contributed by atoms with E-state index in [0.717, 1.165) is 13.0 Å². The van der Waals surface area contributed by atoms with Crippen molar-refractivity contribution in [1.82, 2.24) is 5.32 Å². The van der Waals surface area contributed by atoms with Crippen LogP contribution in [0.25, 0.3) is 0 Å². The van der Waals surface area contributed by atoms with Crippen LogP contribution in [-0.2, 0) is 4.74 Å². The van der Waals surface area contributed by atoms with Gasteiger partial charge in [-0.25, -0.2) is 9.59 Å². The highest BCUT2D eigenvalue weighted by atomic mass is 16.5. The lowest BCUT2D eigenvalue weighted by Gasteiger charge is -2.13. The summed E-state index contributed by atoms with van der Waals surface area (Å²) in [4.78, 5) is 23.0. The third kappa shape index (κ3) is 4.09. The molecule has 2 rings (SSSR count). The maximum Gasteiger partial charge on any atom is 0.337 e. The average molecular weight is 294 g/mol. The quantitative estimate of drug-likeness (QED) is 0.765. The van der Waals surface area contributed by atoms with Crippen LogP contribution in [0.15, 0.2) is 18.2 Å². The first-order valence-corrected chi connectivity index (χ1v) is 6.64. The molecule has 0 bridgehead atoms. The second-order valence-corrected chi connectivity index (χ2v) is 4.78. The lowest BCUT2D eigenvalue weighted by atomic mass is 10.1. The van der Waals surface area contributed by atoms with Crippen LogP contribution in [0.2, 0.25) is 0 Å². The minimum absolute atomic E-state index is 0.0197. The van der Waals surface area contributed by atoms with Gasteiger partial charge in [0.15, 0.2) is 0 Å². The predicted molar refractivity (Wildman–Crippen MR) is 75.9 cm³/mol. The molecule has 0 aliphatic carbocycles. The fourth-order valence-corrected chi connectivity index (χ4v) is 2.08. The Bertz CT molecular complexity index is 526.